The van der Waals surface area contributed by atoms with Crippen molar-refractivity contribution in [1.29, 1.82) is 0 Å². The van der Waals surface area contributed by atoms with Gasteiger partial charge >= 0.3 is 5.97 Å². The quantitative estimate of drug-likeness (QED) is 0.151. The summed E-state index contributed by atoms with van der Waals surface area (Å²) in [4.78, 5) is 30.1. The van der Waals surface area contributed by atoms with Crippen LogP contribution in [-0.2, 0) is 9.53 Å². The van der Waals surface area contributed by atoms with Crippen LogP contribution in [0.4, 0.5) is 0 Å². The molecule has 5 rings (SSSR count). The fraction of sp³-hybridized carbons (Fsp3) is 0.143. The second kappa shape index (κ2) is 11.1. The molecule has 39 heavy (non-hydrogen) atoms. The van der Waals surface area contributed by atoms with E-state index in [9.17, 15) is 9.59 Å². The summed E-state index contributed by atoms with van der Waals surface area (Å²) in [6.45, 7) is 3.45. The van der Waals surface area contributed by atoms with E-state index in [1.807, 2.05) is 0 Å². The van der Waals surface area contributed by atoms with Crippen LogP contribution in [0.1, 0.15) is 19.4 Å². The molecule has 0 amide bonds. The molecule has 0 aliphatic heterocycles. The molecule has 1 atom stereocenters. The van der Waals surface area contributed by atoms with Gasteiger partial charge in [0.05, 0.1) is 33.8 Å². The van der Waals surface area contributed by atoms with Crippen LogP contribution in [0.5, 0.6) is 5.75 Å². The van der Waals surface area contributed by atoms with Gasteiger partial charge in [-0.05, 0) is 67.9 Å². The van der Waals surface area contributed by atoms with E-state index in [1.165, 1.54) is 13.1 Å². The smallest absolute Gasteiger partial charge is 0.347 e. The van der Waals surface area contributed by atoms with E-state index < -0.39 is 17.6 Å². The molecule has 2 aromatic heterocycles. The SMILES string of the molecule is CCOC(=O)[C@H](C)Oc1c(Cl)cc(C=Nn2c(-c3cc4cc(Cl)ccc4o3)nc3ccccc3c2=O)cc1Cl. The maximum absolute atomic E-state index is 13.5. The number of halogens is 3. The summed E-state index contributed by atoms with van der Waals surface area (Å²) in [7, 11) is 0. The number of ether oxygens (including phenoxy) is 2. The first-order chi connectivity index (χ1) is 18.7. The molecule has 0 saturated heterocycles. The topological polar surface area (TPSA) is 95.9 Å². The number of nitrogens with zero attached hydrogens (tertiary/aromatic N) is 3. The summed E-state index contributed by atoms with van der Waals surface area (Å²) >= 11 is 18.9. The van der Waals surface area contributed by atoms with Gasteiger partial charge in [-0.1, -0.05) is 46.9 Å². The molecular weight excluding hydrogens is 565 g/mol. The van der Waals surface area contributed by atoms with Gasteiger partial charge in [0.2, 0.25) is 5.82 Å². The number of carbonyl (C=O) groups is 1. The van der Waals surface area contributed by atoms with Crippen LogP contribution in [0.3, 0.4) is 0 Å². The number of hydrogen-bond acceptors (Lipinski definition) is 7. The van der Waals surface area contributed by atoms with E-state index >= 15 is 0 Å². The molecule has 0 fully saturated rings. The number of para-hydroxylation sites is 1. The van der Waals surface area contributed by atoms with E-state index in [-0.39, 0.29) is 28.2 Å². The highest BCUT2D eigenvalue weighted by Gasteiger charge is 2.20. The highest BCUT2D eigenvalue weighted by Crippen LogP contribution is 2.35. The van der Waals surface area contributed by atoms with Crippen molar-refractivity contribution in [2.24, 2.45) is 5.10 Å². The lowest BCUT2D eigenvalue weighted by Gasteiger charge is -2.16. The zero-order valence-electron chi connectivity index (χ0n) is 20.7. The summed E-state index contributed by atoms with van der Waals surface area (Å²) in [5, 5.41) is 6.40. The molecule has 2 heterocycles. The van der Waals surface area contributed by atoms with Gasteiger partial charge in [-0.2, -0.15) is 9.78 Å². The highest BCUT2D eigenvalue weighted by molar-refractivity contribution is 6.37. The lowest BCUT2D eigenvalue weighted by molar-refractivity contribution is -0.150. The fourth-order valence-corrected chi connectivity index (χ4v) is 4.66. The van der Waals surface area contributed by atoms with Gasteiger partial charge in [-0.3, -0.25) is 4.79 Å². The molecule has 0 radical (unpaired) electrons. The second-order valence-corrected chi connectivity index (χ2v) is 9.68. The van der Waals surface area contributed by atoms with Crippen LogP contribution in [0.2, 0.25) is 15.1 Å². The van der Waals surface area contributed by atoms with Crippen molar-refractivity contribution in [2.45, 2.75) is 20.0 Å². The van der Waals surface area contributed by atoms with Crippen LogP contribution < -0.4 is 10.3 Å². The van der Waals surface area contributed by atoms with Gasteiger partial charge in [0.15, 0.2) is 17.6 Å². The fourth-order valence-electron chi connectivity index (χ4n) is 3.89. The summed E-state index contributed by atoms with van der Waals surface area (Å²) in [6, 6.07) is 17.0. The van der Waals surface area contributed by atoms with Gasteiger partial charge in [0.25, 0.3) is 5.56 Å². The molecule has 8 nitrogen and oxygen atoms in total. The minimum Gasteiger partial charge on any atom is -0.476 e. The molecule has 5 aromatic rings. The monoisotopic (exact) mass is 583 g/mol. The molecule has 11 heteroatoms. The zero-order valence-corrected chi connectivity index (χ0v) is 22.9. The lowest BCUT2D eigenvalue weighted by Crippen LogP contribution is -2.26. The largest absolute Gasteiger partial charge is 0.476 e. The summed E-state index contributed by atoms with van der Waals surface area (Å²) in [5.74, 6) is 0.115. The van der Waals surface area contributed by atoms with E-state index in [0.29, 0.717) is 32.8 Å². The minimum atomic E-state index is -0.914. The Hall–Kier alpha value is -3.85. The molecule has 198 valence electrons. The maximum Gasteiger partial charge on any atom is 0.347 e. The van der Waals surface area contributed by atoms with Crippen LogP contribution in [0, 0.1) is 0 Å². The third-order valence-electron chi connectivity index (χ3n) is 5.71. The number of fused-ring (bicyclic) bond motifs is 2. The van der Waals surface area contributed by atoms with Crippen LogP contribution in [0.25, 0.3) is 33.5 Å². The average molecular weight is 585 g/mol. The van der Waals surface area contributed by atoms with Crippen molar-refractivity contribution in [3.8, 4) is 17.3 Å². The normalized spacial score (nSPS) is 12.3. The lowest BCUT2D eigenvalue weighted by atomic mass is 10.2. The molecule has 0 spiro atoms. The summed E-state index contributed by atoms with van der Waals surface area (Å²) in [5.41, 5.74) is 1.15. The van der Waals surface area contributed by atoms with Crippen molar-refractivity contribution >= 4 is 68.9 Å². The highest BCUT2D eigenvalue weighted by atomic mass is 35.5. The first kappa shape index (κ1) is 26.7. The predicted molar refractivity (Wildman–Crippen MR) is 152 cm³/mol. The molecule has 0 unspecified atom stereocenters. The van der Waals surface area contributed by atoms with E-state index in [4.69, 9.17) is 48.7 Å². The number of carbonyl (C=O) groups excluding carboxylic acids is 1. The van der Waals surface area contributed by atoms with Crippen molar-refractivity contribution in [3.05, 3.63) is 91.6 Å². The number of furan rings is 1. The van der Waals surface area contributed by atoms with E-state index in [0.717, 1.165) is 10.1 Å². The van der Waals surface area contributed by atoms with Crippen molar-refractivity contribution in [2.75, 3.05) is 6.61 Å². The molecule has 0 saturated carbocycles. The van der Waals surface area contributed by atoms with Gasteiger partial charge in [-0.15, -0.1) is 0 Å². The third kappa shape index (κ3) is 5.49. The molecule has 0 N–H and O–H groups in total. The van der Waals surface area contributed by atoms with Crippen molar-refractivity contribution < 1.29 is 18.7 Å². The Labute approximate surface area is 237 Å². The number of esters is 1. The van der Waals surface area contributed by atoms with E-state index in [1.54, 1.807) is 67.6 Å². The second-order valence-electron chi connectivity index (χ2n) is 8.43. The maximum atomic E-state index is 13.5. The molecular formula is C28H20Cl3N3O5. The van der Waals surface area contributed by atoms with Crippen molar-refractivity contribution in [1.82, 2.24) is 9.66 Å². The third-order valence-corrected chi connectivity index (χ3v) is 6.51. The molecule has 3 aromatic carbocycles. The van der Waals surface area contributed by atoms with Crippen LogP contribution in [-0.4, -0.2) is 34.6 Å². The zero-order chi connectivity index (χ0) is 27.7. The number of rotatable bonds is 7. The molecule has 0 bridgehead atoms. The first-order valence-electron chi connectivity index (χ1n) is 11.8. The van der Waals surface area contributed by atoms with Gasteiger partial charge in [-0.25, -0.2) is 9.78 Å². The standard InChI is InChI=1S/C28H20Cl3N3O5/c1-3-37-28(36)15(2)38-25-20(30)10-16(11-21(25)31)14-32-34-26(33-22-7-5-4-6-19(22)27(34)35)24-13-17-12-18(29)8-9-23(17)39-24/h4-15H,3H2,1-2H3/t15-/m0/s1. The number of hydrogen-bond donors (Lipinski definition) is 0. The van der Waals surface area contributed by atoms with Gasteiger partial charge in [0, 0.05) is 10.4 Å². The molecule has 0 aliphatic rings. The Morgan fingerprint density at radius 2 is 1.85 bits per heavy atom. The number of aromatic nitrogens is 2. The van der Waals surface area contributed by atoms with Gasteiger partial charge in [0.1, 0.15) is 5.58 Å². The Morgan fingerprint density at radius 3 is 2.59 bits per heavy atom. The Bertz CT molecular complexity index is 1790. The Morgan fingerprint density at radius 1 is 1.10 bits per heavy atom. The van der Waals surface area contributed by atoms with Crippen molar-refractivity contribution in [3.63, 3.8) is 0 Å². The minimum absolute atomic E-state index is 0.127. The van der Waals surface area contributed by atoms with Crippen LogP contribution >= 0.6 is 34.8 Å². The summed E-state index contributed by atoms with van der Waals surface area (Å²) < 4.78 is 17.7. The van der Waals surface area contributed by atoms with Gasteiger partial charge < -0.3 is 13.9 Å². The average Bonchev–Trinajstić information content (AvgIpc) is 3.33. The Kier molecular flexibility index (Phi) is 7.61. The predicted octanol–water partition coefficient (Wildman–Crippen LogP) is 6.98. The first-order valence-corrected chi connectivity index (χ1v) is 13.0. The van der Waals surface area contributed by atoms with E-state index in [2.05, 4.69) is 10.1 Å². The summed E-state index contributed by atoms with van der Waals surface area (Å²) in [6.07, 6.45) is 0.500. The Balaban J connectivity index is 1.56. The van der Waals surface area contributed by atoms with Crippen LogP contribution in [0.15, 0.2) is 75.0 Å². The number of benzene rings is 3. The molecule has 0 aliphatic carbocycles.